The SMILES string of the molecule is CONCc1ccccc1-n1c(C)cn(C)c1=O. The minimum absolute atomic E-state index is 0.0441. The first kappa shape index (κ1) is 12.6. The molecule has 96 valence electrons. The number of imidazole rings is 1. The Kier molecular flexibility index (Phi) is 3.64. The molecule has 1 N–H and O–H groups in total. The minimum atomic E-state index is -0.0441. The average Bonchev–Trinajstić information content (AvgIpc) is 2.61. The number of hydrogen-bond donors (Lipinski definition) is 1. The Morgan fingerprint density at radius 3 is 2.67 bits per heavy atom. The van der Waals surface area contributed by atoms with Crippen LogP contribution in [0.15, 0.2) is 35.3 Å². The van der Waals surface area contributed by atoms with Gasteiger partial charge in [0.05, 0.1) is 12.8 Å². The zero-order valence-corrected chi connectivity index (χ0v) is 10.8. The van der Waals surface area contributed by atoms with Crippen molar-refractivity contribution in [3.63, 3.8) is 0 Å². The van der Waals surface area contributed by atoms with Crippen LogP contribution in [0.5, 0.6) is 0 Å². The first-order valence-corrected chi connectivity index (χ1v) is 5.74. The molecule has 0 amide bonds. The summed E-state index contributed by atoms with van der Waals surface area (Å²) < 4.78 is 3.28. The van der Waals surface area contributed by atoms with E-state index < -0.39 is 0 Å². The molecule has 0 radical (unpaired) electrons. The second-order valence-electron chi connectivity index (χ2n) is 4.15. The van der Waals surface area contributed by atoms with Crippen molar-refractivity contribution >= 4 is 0 Å². The van der Waals surface area contributed by atoms with Gasteiger partial charge in [-0.1, -0.05) is 18.2 Å². The molecule has 0 aliphatic heterocycles. The van der Waals surface area contributed by atoms with Crippen molar-refractivity contribution in [1.82, 2.24) is 14.6 Å². The van der Waals surface area contributed by atoms with E-state index in [0.717, 1.165) is 16.9 Å². The van der Waals surface area contributed by atoms with Crippen LogP contribution in [-0.4, -0.2) is 16.2 Å². The van der Waals surface area contributed by atoms with Crippen LogP contribution < -0.4 is 11.2 Å². The summed E-state index contributed by atoms with van der Waals surface area (Å²) in [7, 11) is 3.32. The van der Waals surface area contributed by atoms with E-state index in [1.807, 2.05) is 37.4 Å². The highest BCUT2D eigenvalue weighted by molar-refractivity contribution is 5.42. The monoisotopic (exact) mass is 247 g/mol. The summed E-state index contributed by atoms with van der Waals surface area (Å²) in [4.78, 5) is 17.0. The van der Waals surface area contributed by atoms with E-state index in [-0.39, 0.29) is 5.69 Å². The van der Waals surface area contributed by atoms with E-state index in [9.17, 15) is 4.79 Å². The van der Waals surface area contributed by atoms with Gasteiger partial charge in [0.15, 0.2) is 0 Å². The number of benzene rings is 1. The normalized spacial score (nSPS) is 10.8. The van der Waals surface area contributed by atoms with E-state index >= 15 is 0 Å². The van der Waals surface area contributed by atoms with Gasteiger partial charge in [-0.3, -0.25) is 4.57 Å². The predicted molar refractivity (Wildman–Crippen MR) is 69.6 cm³/mol. The molecule has 0 aliphatic rings. The van der Waals surface area contributed by atoms with Gasteiger partial charge in [0.1, 0.15) is 0 Å². The highest BCUT2D eigenvalue weighted by Crippen LogP contribution is 2.14. The van der Waals surface area contributed by atoms with Crippen LogP contribution in [0.4, 0.5) is 0 Å². The van der Waals surface area contributed by atoms with Crippen LogP contribution in [0.3, 0.4) is 0 Å². The van der Waals surface area contributed by atoms with Crippen LogP contribution in [0.25, 0.3) is 5.69 Å². The smallest absolute Gasteiger partial charge is 0.305 e. The summed E-state index contributed by atoms with van der Waals surface area (Å²) in [5, 5.41) is 0. The van der Waals surface area contributed by atoms with Crippen LogP contribution in [0, 0.1) is 6.92 Å². The molecule has 0 atom stereocenters. The Morgan fingerprint density at radius 1 is 1.33 bits per heavy atom. The number of nitrogens with one attached hydrogen (secondary N) is 1. The van der Waals surface area contributed by atoms with Gasteiger partial charge >= 0.3 is 5.69 Å². The molecule has 2 rings (SSSR count). The Balaban J connectivity index is 2.53. The quantitative estimate of drug-likeness (QED) is 0.824. The second kappa shape index (κ2) is 5.20. The van der Waals surface area contributed by atoms with Gasteiger partial charge in [-0.05, 0) is 18.6 Å². The molecule has 5 heteroatoms. The molecule has 1 aromatic heterocycles. The minimum Gasteiger partial charge on any atom is -0.305 e. The fourth-order valence-electron chi connectivity index (χ4n) is 2.02. The Hall–Kier alpha value is -1.85. The third-order valence-corrected chi connectivity index (χ3v) is 2.87. The number of nitrogens with zero attached hydrogens (tertiary/aromatic N) is 2. The van der Waals surface area contributed by atoms with Crippen molar-refractivity contribution in [1.29, 1.82) is 0 Å². The molecule has 0 saturated carbocycles. The fourth-order valence-corrected chi connectivity index (χ4v) is 2.02. The van der Waals surface area contributed by atoms with E-state index in [1.54, 1.807) is 23.3 Å². The third-order valence-electron chi connectivity index (χ3n) is 2.87. The number of aromatic nitrogens is 2. The Labute approximate surface area is 106 Å². The molecule has 0 aliphatic carbocycles. The number of hydroxylamine groups is 1. The summed E-state index contributed by atoms with van der Waals surface area (Å²) in [5.41, 5.74) is 5.55. The lowest BCUT2D eigenvalue weighted by molar-refractivity contribution is 0.0867. The maximum atomic E-state index is 12.1. The Bertz CT molecular complexity index is 599. The van der Waals surface area contributed by atoms with Crippen LogP contribution in [0.1, 0.15) is 11.3 Å². The predicted octanol–water partition coefficient (Wildman–Crippen LogP) is 1.14. The lowest BCUT2D eigenvalue weighted by Crippen LogP contribution is -2.23. The molecular formula is C13H17N3O2. The van der Waals surface area contributed by atoms with Gasteiger partial charge in [-0.25, -0.2) is 4.79 Å². The molecule has 0 bridgehead atoms. The second-order valence-corrected chi connectivity index (χ2v) is 4.15. The highest BCUT2D eigenvalue weighted by Gasteiger charge is 2.10. The van der Waals surface area contributed by atoms with Crippen molar-refractivity contribution in [3.05, 3.63) is 52.2 Å². The zero-order valence-electron chi connectivity index (χ0n) is 10.8. The van der Waals surface area contributed by atoms with Crippen LogP contribution in [-0.2, 0) is 18.4 Å². The first-order chi connectivity index (χ1) is 8.65. The van der Waals surface area contributed by atoms with E-state index in [2.05, 4.69) is 5.48 Å². The van der Waals surface area contributed by atoms with Crippen molar-refractivity contribution in [2.24, 2.45) is 7.05 Å². The fraction of sp³-hybridized carbons (Fsp3) is 0.308. The molecule has 0 spiro atoms. The highest BCUT2D eigenvalue weighted by atomic mass is 16.6. The number of para-hydroxylation sites is 1. The number of rotatable bonds is 4. The van der Waals surface area contributed by atoms with Crippen molar-refractivity contribution < 1.29 is 4.84 Å². The first-order valence-electron chi connectivity index (χ1n) is 5.74. The Morgan fingerprint density at radius 2 is 2.06 bits per heavy atom. The summed E-state index contributed by atoms with van der Waals surface area (Å²) in [5.74, 6) is 0. The van der Waals surface area contributed by atoms with Crippen molar-refractivity contribution in [2.45, 2.75) is 13.5 Å². The molecule has 0 unspecified atom stereocenters. The van der Waals surface area contributed by atoms with Gasteiger partial charge in [-0.15, -0.1) is 0 Å². The molecule has 1 heterocycles. The van der Waals surface area contributed by atoms with Gasteiger partial charge in [0.2, 0.25) is 0 Å². The molecule has 0 fully saturated rings. The van der Waals surface area contributed by atoms with E-state index in [0.29, 0.717) is 6.54 Å². The summed E-state index contributed by atoms with van der Waals surface area (Å²) in [6.07, 6.45) is 1.82. The summed E-state index contributed by atoms with van der Waals surface area (Å²) in [6, 6.07) is 7.77. The van der Waals surface area contributed by atoms with Crippen molar-refractivity contribution in [2.75, 3.05) is 7.11 Å². The maximum Gasteiger partial charge on any atom is 0.332 e. The molecule has 2 aromatic rings. The average molecular weight is 247 g/mol. The third kappa shape index (κ3) is 2.23. The van der Waals surface area contributed by atoms with Crippen molar-refractivity contribution in [3.8, 4) is 5.69 Å². The van der Waals surface area contributed by atoms with Gasteiger partial charge in [-0.2, -0.15) is 5.48 Å². The molecule has 0 saturated heterocycles. The topological polar surface area (TPSA) is 48.2 Å². The van der Waals surface area contributed by atoms with E-state index in [4.69, 9.17) is 4.84 Å². The van der Waals surface area contributed by atoms with Gasteiger partial charge in [0.25, 0.3) is 0 Å². The summed E-state index contributed by atoms with van der Waals surface area (Å²) >= 11 is 0. The molecule has 18 heavy (non-hydrogen) atoms. The maximum absolute atomic E-state index is 12.1. The lowest BCUT2D eigenvalue weighted by Gasteiger charge is -2.11. The largest absolute Gasteiger partial charge is 0.332 e. The molecule has 5 nitrogen and oxygen atoms in total. The van der Waals surface area contributed by atoms with Crippen LogP contribution in [0.2, 0.25) is 0 Å². The van der Waals surface area contributed by atoms with Crippen LogP contribution >= 0.6 is 0 Å². The van der Waals surface area contributed by atoms with E-state index in [1.165, 1.54) is 0 Å². The van der Waals surface area contributed by atoms with Gasteiger partial charge in [0, 0.05) is 25.5 Å². The molecule has 1 aromatic carbocycles. The lowest BCUT2D eigenvalue weighted by atomic mass is 10.1. The van der Waals surface area contributed by atoms with Gasteiger partial charge < -0.3 is 9.40 Å². The standard InChI is InChI=1S/C13H17N3O2/c1-10-9-15(2)13(17)16(10)12-7-5-4-6-11(12)8-14-18-3/h4-7,9,14H,8H2,1-3H3. The number of hydrogen-bond acceptors (Lipinski definition) is 3. The zero-order chi connectivity index (χ0) is 13.1. The molecular weight excluding hydrogens is 230 g/mol. The summed E-state index contributed by atoms with van der Waals surface area (Å²) in [6.45, 7) is 2.47. The number of aryl methyl sites for hydroxylation is 2.